The first-order valence-corrected chi connectivity index (χ1v) is 6.24. The lowest BCUT2D eigenvalue weighted by Crippen LogP contribution is -2.49. The number of carbonyl (C=O) groups is 1. The Bertz CT molecular complexity index is 310. The van der Waals surface area contributed by atoms with E-state index in [-0.39, 0.29) is 24.2 Å². The van der Waals surface area contributed by atoms with E-state index in [1.54, 1.807) is 0 Å². The van der Waals surface area contributed by atoms with Crippen LogP contribution in [0.25, 0.3) is 0 Å². The zero-order valence-electron chi connectivity index (χ0n) is 10.7. The molecule has 2 fully saturated rings. The molecule has 0 spiro atoms. The van der Waals surface area contributed by atoms with E-state index in [0.717, 1.165) is 12.8 Å². The fraction of sp³-hybridized carbons (Fsp3) is 0.917. The normalized spacial score (nSPS) is 32.4. The van der Waals surface area contributed by atoms with Crippen LogP contribution in [-0.2, 0) is 4.74 Å². The van der Waals surface area contributed by atoms with Gasteiger partial charge in [-0.1, -0.05) is 5.18 Å². The lowest BCUT2D eigenvalue weighted by Gasteiger charge is -2.37. The van der Waals surface area contributed by atoms with Gasteiger partial charge < -0.3 is 9.64 Å². The van der Waals surface area contributed by atoms with E-state index < -0.39 is 5.60 Å². The van der Waals surface area contributed by atoms with Gasteiger partial charge in [0.15, 0.2) is 0 Å². The number of amides is 1. The number of nitrogens with zero attached hydrogens (tertiary/aromatic N) is 2. The van der Waals surface area contributed by atoms with Crippen molar-refractivity contribution in [3.05, 3.63) is 4.91 Å². The molecule has 2 rings (SSSR count). The van der Waals surface area contributed by atoms with Crippen LogP contribution < -0.4 is 0 Å². The van der Waals surface area contributed by atoms with Crippen LogP contribution in [0.3, 0.4) is 0 Å². The minimum Gasteiger partial charge on any atom is -0.444 e. The largest absolute Gasteiger partial charge is 0.444 e. The molecule has 5 heteroatoms. The molecular formula is C12H20N2O3. The number of ether oxygens (including phenoxy) is 1. The van der Waals surface area contributed by atoms with Crippen molar-refractivity contribution in [2.24, 2.45) is 5.18 Å². The highest BCUT2D eigenvalue weighted by Crippen LogP contribution is 2.37. The summed E-state index contributed by atoms with van der Waals surface area (Å²) in [4.78, 5) is 24.5. The molecule has 2 bridgehead atoms. The predicted octanol–water partition coefficient (Wildman–Crippen LogP) is 2.68. The molecule has 96 valence electrons. The molecule has 17 heavy (non-hydrogen) atoms. The van der Waals surface area contributed by atoms with Gasteiger partial charge >= 0.3 is 6.09 Å². The van der Waals surface area contributed by atoms with Crippen molar-refractivity contribution in [1.82, 2.24) is 4.90 Å². The molecule has 0 N–H and O–H groups in total. The Morgan fingerprint density at radius 2 is 1.76 bits per heavy atom. The highest BCUT2D eigenvalue weighted by molar-refractivity contribution is 5.69. The first kappa shape index (κ1) is 12.3. The van der Waals surface area contributed by atoms with Gasteiger partial charge in [-0.2, -0.15) is 4.91 Å². The van der Waals surface area contributed by atoms with E-state index in [9.17, 15) is 9.70 Å². The number of hydrogen-bond donors (Lipinski definition) is 0. The second-order valence-corrected chi connectivity index (χ2v) is 6.00. The fourth-order valence-electron chi connectivity index (χ4n) is 2.85. The zero-order valence-corrected chi connectivity index (χ0v) is 10.7. The van der Waals surface area contributed by atoms with Crippen molar-refractivity contribution in [2.45, 2.75) is 70.2 Å². The van der Waals surface area contributed by atoms with Crippen molar-refractivity contribution in [2.75, 3.05) is 0 Å². The minimum absolute atomic E-state index is 0.119. The Hall–Kier alpha value is -1.13. The van der Waals surface area contributed by atoms with Gasteiger partial charge in [0.05, 0.1) is 6.04 Å². The summed E-state index contributed by atoms with van der Waals surface area (Å²) in [5, 5.41) is 3.13. The van der Waals surface area contributed by atoms with E-state index in [1.807, 2.05) is 25.7 Å². The first-order valence-electron chi connectivity index (χ1n) is 6.24. The monoisotopic (exact) mass is 240 g/mol. The molecule has 0 aromatic rings. The molecule has 5 nitrogen and oxygen atoms in total. The predicted molar refractivity (Wildman–Crippen MR) is 63.7 cm³/mol. The molecule has 2 saturated heterocycles. The molecule has 2 unspecified atom stereocenters. The van der Waals surface area contributed by atoms with Gasteiger partial charge in [0.25, 0.3) is 0 Å². The summed E-state index contributed by atoms with van der Waals surface area (Å²) in [6, 6.07) is 0.170. The summed E-state index contributed by atoms with van der Waals surface area (Å²) in [7, 11) is 0. The van der Waals surface area contributed by atoms with Gasteiger partial charge in [0.2, 0.25) is 0 Å². The van der Waals surface area contributed by atoms with Gasteiger partial charge in [-0.05, 0) is 46.5 Å². The van der Waals surface area contributed by atoms with E-state index >= 15 is 0 Å². The van der Waals surface area contributed by atoms with Crippen molar-refractivity contribution in [3.63, 3.8) is 0 Å². The SMILES string of the molecule is CC(C)(C)OC(=O)N1C2CC[C@H]1CC(N=O)C2. The molecule has 0 radical (unpaired) electrons. The van der Waals surface area contributed by atoms with Crippen LogP contribution in [0.15, 0.2) is 5.18 Å². The van der Waals surface area contributed by atoms with Gasteiger partial charge in [0.1, 0.15) is 5.60 Å². The average molecular weight is 240 g/mol. The Labute approximate surface area is 101 Å². The third kappa shape index (κ3) is 2.58. The third-order valence-corrected chi connectivity index (χ3v) is 3.46. The van der Waals surface area contributed by atoms with Crippen molar-refractivity contribution >= 4 is 6.09 Å². The summed E-state index contributed by atoms with van der Waals surface area (Å²) >= 11 is 0. The van der Waals surface area contributed by atoms with Gasteiger partial charge in [-0.15, -0.1) is 0 Å². The molecule has 0 saturated carbocycles. The highest BCUT2D eigenvalue weighted by atomic mass is 16.6. The van der Waals surface area contributed by atoms with Crippen LogP contribution in [0.5, 0.6) is 0 Å². The molecule has 3 atom stereocenters. The quantitative estimate of drug-likeness (QED) is 0.662. The molecule has 0 aliphatic carbocycles. The second kappa shape index (κ2) is 4.27. The van der Waals surface area contributed by atoms with Crippen LogP contribution >= 0.6 is 0 Å². The van der Waals surface area contributed by atoms with Gasteiger partial charge in [0, 0.05) is 12.1 Å². The first-order chi connectivity index (χ1) is 7.90. The summed E-state index contributed by atoms with van der Waals surface area (Å²) in [6.07, 6.45) is 3.08. The number of nitroso groups, excluding NO2 is 1. The maximum atomic E-state index is 12.1. The Kier molecular flexibility index (Phi) is 3.10. The number of hydrogen-bond acceptors (Lipinski definition) is 4. The Morgan fingerprint density at radius 3 is 2.18 bits per heavy atom. The summed E-state index contributed by atoms with van der Waals surface area (Å²) < 4.78 is 5.41. The van der Waals surface area contributed by atoms with Crippen LogP contribution in [0.2, 0.25) is 0 Å². The summed E-state index contributed by atoms with van der Waals surface area (Å²) in [5.41, 5.74) is -0.462. The Balaban J connectivity index is 2.04. The topological polar surface area (TPSA) is 59.0 Å². The fourth-order valence-corrected chi connectivity index (χ4v) is 2.85. The van der Waals surface area contributed by atoms with Crippen LogP contribution in [0, 0.1) is 4.91 Å². The Morgan fingerprint density at radius 1 is 1.24 bits per heavy atom. The summed E-state index contributed by atoms with van der Waals surface area (Å²) in [6.45, 7) is 5.60. The average Bonchev–Trinajstić information content (AvgIpc) is 2.47. The van der Waals surface area contributed by atoms with Crippen molar-refractivity contribution < 1.29 is 9.53 Å². The zero-order chi connectivity index (χ0) is 12.6. The molecule has 2 heterocycles. The molecule has 2 aliphatic heterocycles. The maximum Gasteiger partial charge on any atom is 0.410 e. The van der Waals surface area contributed by atoms with E-state index in [2.05, 4.69) is 5.18 Å². The van der Waals surface area contributed by atoms with Crippen LogP contribution in [0.4, 0.5) is 4.79 Å². The number of fused-ring (bicyclic) bond motifs is 2. The lowest BCUT2D eigenvalue weighted by molar-refractivity contribution is 0.00621. The molecular weight excluding hydrogens is 220 g/mol. The minimum atomic E-state index is -0.462. The smallest absolute Gasteiger partial charge is 0.410 e. The van der Waals surface area contributed by atoms with E-state index in [0.29, 0.717) is 12.8 Å². The van der Waals surface area contributed by atoms with Gasteiger partial charge in [-0.3, -0.25) is 0 Å². The maximum absolute atomic E-state index is 12.1. The second-order valence-electron chi connectivity index (χ2n) is 6.00. The van der Waals surface area contributed by atoms with E-state index in [1.165, 1.54) is 0 Å². The third-order valence-electron chi connectivity index (χ3n) is 3.46. The summed E-state index contributed by atoms with van der Waals surface area (Å²) in [5.74, 6) is 0. The number of piperidine rings is 1. The van der Waals surface area contributed by atoms with Crippen LogP contribution in [-0.4, -0.2) is 34.7 Å². The number of carbonyl (C=O) groups excluding carboxylic acids is 1. The molecule has 0 aromatic heterocycles. The van der Waals surface area contributed by atoms with E-state index in [4.69, 9.17) is 4.74 Å². The van der Waals surface area contributed by atoms with Crippen molar-refractivity contribution in [3.8, 4) is 0 Å². The molecule has 2 aliphatic rings. The number of rotatable bonds is 1. The molecule has 1 amide bonds. The molecule has 0 aromatic carbocycles. The van der Waals surface area contributed by atoms with Crippen molar-refractivity contribution in [1.29, 1.82) is 0 Å². The lowest BCUT2D eigenvalue weighted by atomic mass is 9.99. The van der Waals surface area contributed by atoms with Gasteiger partial charge in [-0.25, -0.2) is 4.79 Å². The standard InChI is InChI=1S/C12H20N2O3/c1-12(2,3)17-11(15)14-9-4-5-10(14)7-8(6-9)13-16/h8-10H,4-7H2,1-3H3/t8?,9-,10?/m0/s1. The van der Waals surface area contributed by atoms with Crippen LogP contribution in [0.1, 0.15) is 46.5 Å². The highest BCUT2D eigenvalue weighted by Gasteiger charge is 2.45.